The molecular formula is C2H9NOSi2. The van der Waals surface area contributed by atoms with Crippen molar-refractivity contribution in [3.8, 4) is 0 Å². The molecule has 0 bridgehead atoms. The third kappa shape index (κ3) is 2.34. The Hall–Kier alpha value is 0.0938. The molecule has 2 nitrogen and oxygen atoms in total. The largest absolute Gasteiger partial charge is 0.452 e. The Labute approximate surface area is 42.3 Å². The summed E-state index contributed by atoms with van der Waals surface area (Å²) in [4.78, 5) is 0. The molecule has 0 saturated carbocycles. The first-order valence-electron chi connectivity index (χ1n) is 1.72. The fourth-order valence-electron chi connectivity index (χ4n) is 0.0962. The molecule has 0 aliphatic heterocycles. The van der Waals surface area contributed by atoms with Gasteiger partial charge in [0.05, 0.1) is 0 Å². The van der Waals surface area contributed by atoms with Crippen LogP contribution in [-0.2, 0) is 4.12 Å². The van der Waals surface area contributed by atoms with E-state index < -0.39 is 9.20 Å². The Kier molecular flexibility index (Phi) is 3.34. The molecule has 0 radical (unpaired) electrons. The summed E-state index contributed by atoms with van der Waals surface area (Å²) < 4.78 is 4.84. The predicted octanol–water partition coefficient (Wildman–Crippen LogP) is -1.81. The molecule has 2 N–H and O–H groups in total. The van der Waals surface area contributed by atoms with Gasteiger partial charge in [0.25, 0.3) is 9.20 Å². The monoisotopic (exact) mass is 119 g/mol. The Morgan fingerprint density at radius 3 is 2.50 bits per heavy atom. The molecule has 0 aliphatic rings. The van der Waals surface area contributed by atoms with Gasteiger partial charge in [-0.05, 0) is 0 Å². The van der Waals surface area contributed by atoms with E-state index in [1.54, 1.807) is 5.70 Å². The highest BCUT2D eigenvalue weighted by Crippen LogP contribution is 1.66. The second-order valence-corrected chi connectivity index (χ2v) is 4.22. The van der Waals surface area contributed by atoms with Crippen molar-refractivity contribution in [2.45, 2.75) is 0 Å². The molecular weight excluding hydrogens is 110 g/mol. The van der Waals surface area contributed by atoms with E-state index in [1.165, 1.54) is 0 Å². The van der Waals surface area contributed by atoms with Crippen molar-refractivity contribution in [3.05, 3.63) is 12.3 Å². The fourth-order valence-corrected chi connectivity index (χ4v) is 0.866. The number of rotatable bonds is 2. The topological polar surface area (TPSA) is 35.2 Å². The van der Waals surface area contributed by atoms with Gasteiger partial charge in [-0.25, -0.2) is 0 Å². The lowest BCUT2D eigenvalue weighted by atomic mass is 11.3. The van der Waals surface area contributed by atoms with E-state index in [2.05, 4.69) is 6.58 Å². The van der Waals surface area contributed by atoms with Crippen molar-refractivity contribution >= 4 is 19.7 Å². The van der Waals surface area contributed by atoms with Gasteiger partial charge in [0.1, 0.15) is 10.5 Å². The third-order valence-electron chi connectivity index (χ3n) is 0.504. The minimum atomic E-state index is -1.33. The van der Waals surface area contributed by atoms with Crippen LogP contribution in [0, 0.1) is 0 Å². The van der Waals surface area contributed by atoms with Crippen LogP contribution in [0.25, 0.3) is 0 Å². The van der Waals surface area contributed by atoms with Crippen LogP contribution in [0.5, 0.6) is 0 Å². The molecule has 6 heavy (non-hydrogen) atoms. The molecule has 1 atom stereocenters. The lowest BCUT2D eigenvalue weighted by molar-refractivity contribution is 0.647. The highest BCUT2D eigenvalue weighted by molar-refractivity contribution is 6.57. The second kappa shape index (κ2) is 3.29. The van der Waals surface area contributed by atoms with Gasteiger partial charge < -0.3 is 9.51 Å². The maximum Gasteiger partial charge on any atom is 0.263 e. The maximum absolute atomic E-state index is 5.31. The van der Waals surface area contributed by atoms with Crippen LogP contribution in [0.4, 0.5) is 0 Å². The Morgan fingerprint density at radius 1 is 2.00 bits per heavy atom. The molecule has 0 fully saturated rings. The Balaban J connectivity index is 2.96. The van der Waals surface area contributed by atoms with Crippen LogP contribution in [0.2, 0.25) is 0 Å². The predicted molar refractivity (Wildman–Crippen MR) is 32.6 cm³/mol. The van der Waals surface area contributed by atoms with Crippen LogP contribution in [0.1, 0.15) is 0 Å². The summed E-state index contributed by atoms with van der Waals surface area (Å²) >= 11 is 0. The van der Waals surface area contributed by atoms with Crippen LogP contribution in [0.15, 0.2) is 12.3 Å². The zero-order chi connectivity index (χ0) is 4.99. The van der Waals surface area contributed by atoms with Gasteiger partial charge in [0.2, 0.25) is 0 Å². The van der Waals surface area contributed by atoms with Crippen LogP contribution >= 0.6 is 0 Å². The average molecular weight is 119 g/mol. The third-order valence-corrected chi connectivity index (χ3v) is 3.15. The number of hydrogen-bond acceptors (Lipinski definition) is 2. The molecule has 36 valence electrons. The van der Waals surface area contributed by atoms with Crippen LogP contribution in [-0.4, -0.2) is 19.7 Å². The van der Waals surface area contributed by atoms with E-state index >= 15 is 0 Å². The first-order valence-corrected chi connectivity index (χ1v) is 4.34. The standard InChI is InChI=1S/C2H9NOSi2/c1-2-6(3)4-5/h2,6H,1,3H2,5H3. The Bertz CT molecular complexity index is 48.8. The molecule has 0 spiro atoms. The summed E-state index contributed by atoms with van der Waals surface area (Å²) in [6.45, 7) is 3.47. The van der Waals surface area contributed by atoms with E-state index in [-0.39, 0.29) is 0 Å². The molecule has 0 rings (SSSR count). The first-order chi connectivity index (χ1) is 2.81. The maximum atomic E-state index is 5.31. The summed E-state index contributed by atoms with van der Waals surface area (Å²) in [5, 5.41) is 5.31. The molecule has 0 saturated heterocycles. The normalized spacial score (nSPS) is 14.2. The second-order valence-electron chi connectivity index (χ2n) is 0.936. The lowest BCUT2D eigenvalue weighted by Crippen LogP contribution is -2.25. The van der Waals surface area contributed by atoms with Gasteiger partial charge in [0.15, 0.2) is 0 Å². The molecule has 0 aliphatic carbocycles. The van der Waals surface area contributed by atoms with E-state index in [0.29, 0.717) is 0 Å². The lowest BCUT2D eigenvalue weighted by Gasteiger charge is -1.95. The fraction of sp³-hybridized carbons (Fsp3) is 0. The molecule has 0 amide bonds. The van der Waals surface area contributed by atoms with Gasteiger partial charge in [-0.2, -0.15) is 0 Å². The van der Waals surface area contributed by atoms with E-state index in [0.717, 1.165) is 10.5 Å². The minimum absolute atomic E-state index is 0.748. The van der Waals surface area contributed by atoms with Gasteiger partial charge in [-0.1, -0.05) is 5.70 Å². The highest BCUT2D eigenvalue weighted by atomic mass is 28.3. The molecule has 0 aromatic carbocycles. The van der Waals surface area contributed by atoms with Crippen molar-refractivity contribution in [2.75, 3.05) is 0 Å². The molecule has 0 heterocycles. The van der Waals surface area contributed by atoms with Crippen molar-refractivity contribution in [1.29, 1.82) is 0 Å². The summed E-state index contributed by atoms with van der Waals surface area (Å²) in [5.41, 5.74) is 1.70. The number of hydrogen-bond donors (Lipinski definition) is 1. The van der Waals surface area contributed by atoms with Gasteiger partial charge in [0, 0.05) is 0 Å². The van der Waals surface area contributed by atoms with Crippen molar-refractivity contribution < 1.29 is 4.12 Å². The van der Waals surface area contributed by atoms with E-state index in [9.17, 15) is 0 Å². The quantitative estimate of drug-likeness (QED) is 0.435. The van der Waals surface area contributed by atoms with E-state index in [1.807, 2.05) is 0 Å². The van der Waals surface area contributed by atoms with Gasteiger partial charge >= 0.3 is 0 Å². The summed E-state index contributed by atoms with van der Waals surface area (Å²) in [5.74, 6) is 0. The highest BCUT2D eigenvalue weighted by Gasteiger charge is 1.88. The first kappa shape index (κ1) is 6.09. The summed E-state index contributed by atoms with van der Waals surface area (Å²) in [6, 6.07) is 0. The summed E-state index contributed by atoms with van der Waals surface area (Å²) in [6.07, 6.45) is 0. The zero-order valence-electron chi connectivity index (χ0n) is 3.85. The van der Waals surface area contributed by atoms with Gasteiger partial charge in [-0.3, -0.25) is 0 Å². The smallest absolute Gasteiger partial charge is 0.263 e. The molecule has 1 unspecified atom stereocenters. The molecule has 0 aromatic rings. The van der Waals surface area contributed by atoms with Crippen molar-refractivity contribution in [3.63, 3.8) is 0 Å². The zero-order valence-corrected chi connectivity index (χ0v) is 7.00. The van der Waals surface area contributed by atoms with Crippen LogP contribution in [0.3, 0.4) is 0 Å². The minimum Gasteiger partial charge on any atom is -0.452 e. The van der Waals surface area contributed by atoms with Gasteiger partial charge in [-0.15, -0.1) is 6.58 Å². The SMILES string of the molecule is C=C[SiH](N)O[SiH3]. The van der Waals surface area contributed by atoms with E-state index in [4.69, 9.17) is 9.51 Å². The summed E-state index contributed by atoms with van der Waals surface area (Å²) in [7, 11) is -0.587. The van der Waals surface area contributed by atoms with Crippen LogP contribution < -0.4 is 5.40 Å². The van der Waals surface area contributed by atoms with Crippen molar-refractivity contribution in [2.24, 2.45) is 5.40 Å². The average Bonchev–Trinajstić information content (AvgIpc) is 1.65. The number of nitrogens with two attached hydrogens (primary N) is 1. The van der Waals surface area contributed by atoms with Crippen molar-refractivity contribution in [1.82, 2.24) is 0 Å². The molecule has 4 heteroatoms. The Morgan fingerprint density at radius 2 is 2.50 bits per heavy atom. The molecule has 0 aromatic heterocycles.